The van der Waals surface area contributed by atoms with E-state index in [-0.39, 0.29) is 0 Å². The van der Waals surface area contributed by atoms with Crippen LogP contribution >= 0.6 is 0 Å². The minimum Gasteiger partial charge on any atom is -0.245 e. The van der Waals surface area contributed by atoms with Crippen LogP contribution in [0.5, 0.6) is 0 Å². The minimum absolute atomic E-state index is 0.672. The van der Waals surface area contributed by atoms with Crippen molar-refractivity contribution in [2.75, 3.05) is 0 Å². The molecule has 3 heterocycles. The molecule has 0 aliphatic rings. The number of hydrogen-bond donors (Lipinski definition) is 0. The first-order valence-electron chi connectivity index (χ1n) is 18.1. The highest BCUT2D eigenvalue weighted by Gasteiger charge is 2.16. The molecule has 54 heavy (non-hydrogen) atoms. The van der Waals surface area contributed by atoms with Gasteiger partial charge in [0.1, 0.15) is 0 Å². The molecule has 10 rings (SSSR count). The molecule has 0 saturated heterocycles. The summed E-state index contributed by atoms with van der Waals surface area (Å²) in [6.07, 6.45) is 0. The standard InChI is InChI=1S/C50H32N4/c1-4-14-34(15-5-1)45-31-43(42-27-25-37-26-28-44(51-48(37)49(42)52-45)40-24-23-33-13-10-11-20-38(33)29-40)39-21-12-22-41(30-39)50-53-46(35-16-6-2-7-17-35)32-47(54-50)36-18-8-3-9-19-36/h1-32H. The average Bonchev–Trinajstić information content (AvgIpc) is 3.26. The number of hydrogen-bond acceptors (Lipinski definition) is 4. The van der Waals surface area contributed by atoms with Crippen molar-refractivity contribution in [3.8, 4) is 67.5 Å². The Bertz CT molecular complexity index is 2920. The van der Waals surface area contributed by atoms with E-state index in [1.807, 2.05) is 42.5 Å². The highest BCUT2D eigenvalue weighted by molar-refractivity contribution is 6.10. The maximum Gasteiger partial charge on any atom is 0.160 e. The van der Waals surface area contributed by atoms with E-state index >= 15 is 0 Å². The van der Waals surface area contributed by atoms with Gasteiger partial charge in [-0.15, -0.1) is 0 Å². The monoisotopic (exact) mass is 688 g/mol. The summed E-state index contributed by atoms with van der Waals surface area (Å²) in [4.78, 5) is 20.9. The van der Waals surface area contributed by atoms with Crippen LogP contribution in [-0.4, -0.2) is 19.9 Å². The first-order chi connectivity index (χ1) is 26.7. The Morgan fingerprint density at radius 1 is 0.259 bits per heavy atom. The predicted molar refractivity (Wildman–Crippen MR) is 223 cm³/mol. The Morgan fingerprint density at radius 3 is 1.48 bits per heavy atom. The summed E-state index contributed by atoms with van der Waals surface area (Å²) in [5.74, 6) is 0.672. The summed E-state index contributed by atoms with van der Waals surface area (Å²) in [5.41, 5.74) is 12.6. The largest absolute Gasteiger partial charge is 0.245 e. The molecule has 7 aromatic carbocycles. The highest BCUT2D eigenvalue weighted by Crippen LogP contribution is 2.38. The zero-order valence-corrected chi connectivity index (χ0v) is 29.3. The molecule has 3 aromatic heterocycles. The molecule has 10 aromatic rings. The second-order valence-electron chi connectivity index (χ2n) is 13.5. The number of rotatable bonds is 6. The van der Waals surface area contributed by atoms with E-state index in [1.54, 1.807) is 0 Å². The molecule has 0 aliphatic carbocycles. The summed E-state index contributed by atoms with van der Waals surface area (Å²) in [7, 11) is 0. The van der Waals surface area contributed by atoms with Crippen LogP contribution in [-0.2, 0) is 0 Å². The molecule has 0 bridgehead atoms. The second kappa shape index (κ2) is 13.4. The van der Waals surface area contributed by atoms with E-state index < -0.39 is 0 Å². The van der Waals surface area contributed by atoms with Crippen LogP contribution in [0.1, 0.15) is 0 Å². The zero-order chi connectivity index (χ0) is 35.8. The first-order valence-corrected chi connectivity index (χ1v) is 18.1. The zero-order valence-electron chi connectivity index (χ0n) is 29.3. The first kappa shape index (κ1) is 31.4. The molecule has 0 fully saturated rings. The lowest BCUT2D eigenvalue weighted by atomic mass is 9.95. The van der Waals surface area contributed by atoms with Crippen molar-refractivity contribution in [1.29, 1.82) is 0 Å². The molecule has 252 valence electrons. The lowest BCUT2D eigenvalue weighted by Crippen LogP contribution is -1.96. The Kier molecular flexibility index (Phi) is 7.77. The summed E-state index contributed by atoms with van der Waals surface area (Å²) in [6, 6.07) is 67.4. The Morgan fingerprint density at radius 2 is 0.796 bits per heavy atom. The van der Waals surface area contributed by atoms with Gasteiger partial charge in [-0.1, -0.05) is 164 Å². The van der Waals surface area contributed by atoms with Crippen LogP contribution in [0.2, 0.25) is 0 Å². The average molecular weight is 689 g/mol. The lowest BCUT2D eigenvalue weighted by Gasteiger charge is -2.14. The SMILES string of the molecule is c1ccc(-c2cc(-c3ccccc3)nc(-c3cccc(-c4cc(-c5ccccc5)nc5c4ccc4ccc(-c6ccc7ccccc7c6)nc45)c3)n2)cc1. The van der Waals surface area contributed by atoms with Gasteiger partial charge in [0.15, 0.2) is 5.82 Å². The maximum absolute atomic E-state index is 5.33. The van der Waals surface area contributed by atoms with Crippen LogP contribution in [0.3, 0.4) is 0 Å². The van der Waals surface area contributed by atoms with E-state index in [0.717, 1.165) is 83.5 Å². The van der Waals surface area contributed by atoms with Crippen molar-refractivity contribution in [1.82, 2.24) is 19.9 Å². The highest BCUT2D eigenvalue weighted by atomic mass is 14.9. The maximum atomic E-state index is 5.33. The van der Waals surface area contributed by atoms with Crippen LogP contribution in [0, 0.1) is 0 Å². The fourth-order valence-electron chi connectivity index (χ4n) is 7.29. The molecular weight excluding hydrogens is 657 g/mol. The van der Waals surface area contributed by atoms with E-state index in [2.05, 4.69) is 152 Å². The van der Waals surface area contributed by atoms with Gasteiger partial charge in [-0.2, -0.15) is 0 Å². The molecule has 0 atom stereocenters. The van der Waals surface area contributed by atoms with Gasteiger partial charge in [-0.3, -0.25) is 0 Å². The summed E-state index contributed by atoms with van der Waals surface area (Å²) in [5, 5.41) is 4.48. The fourth-order valence-corrected chi connectivity index (χ4v) is 7.29. The van der Waals surface area contributed by atoms with E-state index in [0.29, 0.717) is 5.82 Å². The van der Waals surface area contributed by atoms with E-state index in [1.165, 1.54) is 10.8 Å². The molecule has 0 amide bonds. The molecule has 0 spiro atoms. The topological polar surface area (TPSA) is 51.6 Å². The van der Waals surface area contributed by atoms with Gasteiger partial charge in [0.2, 0.25) is 0 Å². The Labute approximate surface area is 313 Å². The molecule has 0 aliphatic heterocycles. The van der Waals surface area contributed by atoms with Crippen molar-refractivity contribution in [3.63, 3.8) is 0 Å². The third kappa shape index (κ3) is 5.86. The van der Waals surface area contributed by atoms with Gasteiger partial charge in [-0.05, 0) is 52.2 Å². The third-order valence-electron chi connectivity index (χ3n) is 10.1. The van der Waals surface area contributed by atoms with Gasteiger partial charge in [0.25, 0.3) is 0 Å². The second-order valence-corrected chi connectivity index (χ2v) is 13.5. The number of benzene rings is 7. The van der Waals surface area contributed by atoms with Crippen molar-refractivity contribution in [3.05, 3.63) is 194 Å². The third-order valence-corrected chi connectivity index (χ3v) is 10.1. The molecular formula is C50H32N4. The summed E-state index contributed by atoms with van der Waals surface area (Å²) in [6.45, 7) is 0. The van der Waals surface area contributed by atoms with Crippen LogP contribution < -0.4 is 0 Å². The Balaban J connectivity index is 1.16. The predicted octanol–water partition coefficient (Wildman–Crippen LogP) is 12.7. The van der Waals surface area contributed by atoms with Crippen LogP contribution in [0.15, 0.2) is 194 Å². The van der Waals surface area contributed by atoms with Gasteiger partial charge >= 0.3 is 0 Å². The van der Waals surface area contributed by atoms with Gasteiger partial charge in [0.05, 0.1) is 33.8 Å². The van der Waals surface area contributed by atoms with Gasteiger partial charge in [-0.25, -0.2) is 19.9 Å². The van der Waals surface area contributed by atoms with E-state index in [9.17, 15) is 0 Å². The van der Waals surface area contributed by atoms with Crippen molar-refractivity contribution >= 4 is 32.6 Å². The quantitative estimate of drug-likeness (QED) is 0.163. The molecule has 0 N–H and O–H groups in total. The number of aromatic nitrogens is 4. The van der Waals surface area contributed by atoms with Gasteiger partial charge < -0.3 is 0 Å². The normalized spacial score (nSPS) is 11.3. The van der Waals surface area contributed by atoms with Crippen molar-refractivity contribution in [2.45, 2.75) is 0 Å². The van der Waals surface area contributed by atoms with Gasteiger partial charge in [0, 0.05) is 38.6 Å². The molecule has 0 unspecified atom stereocenters. The smallest absolute Gasteiger partial charge is 0.160 e. The van der Waals surface area contributed by atoms with Crippen LogP contribution in [0.25, 0.3) is 100 Å². The summed E-state index contributed by atoms with van der Waals surface area (Å²) < 4.78 is 0. The lowest BCUT2D eigenvalue weighted by molar-refractivity contribution is 1.18. The fraction of sp³-hybridized carbons (Fsp3) is 0. The number of nitrogens with zero attached hydrogens (tertiary/aromatic N) is 4. The summed E-state index contributed by atoms with van der Waals surface area (Å²) >= 11 is 0. The number of pyridine rings is 2. The molecule has 4 nitrogen and oxygen atoms in total. The Hall–Kier alpha value is -7.30. The van der Waals surface area contributed by atoms with Crippen molar-refractivity contribution in [2.24, 2.45) is 0 Å². The molecule has 0 saturated carbocycles. The van der Waals surface area contributed by atoms with E-state index in [4.69, 9.17) is 19.9 Å². The molecule has 0 radical (unpaired) electrons. The molecule has 4 heteroatoms. The van der Waals surface area contributed by atoms with Crippen LogP contribution in [0.4, 0.5) is 0 Å². The minimum atomic E-state index is 0.672. The van der Waals surface area contributed by atoms with Crippen molar-refractivity contribution < 1.29 is 0 Å². The number of fused-ring (bicyclic) bond motifs is 4.